The number of nitrogens with zero attached hydrogens (tertiary/aromatic N) is 3. The molecule has 1 aliphatic carbocycles. The smallest absolute Gasteiger partial charge is 0.320 e. The second-order valence-electron chi connectivity index (χ2n) is 4.24. The molecule has 0 aliphatic heterocycles. The minimum atomic E-state index is -0.690. The van der Waals surface area contributed by atoms with E-state index in [0.717, 1.165) is 25.7 Å². The molecule has 0 aromatic heterocycles. The van der Waals surface area contributed by atoms with Gasteiger partial charge in [0.25, 0.3) is 0 Å². The monoisotopic (exact) mass is 263 g/mol. The van der Waals surface area contributed by atoms with Crippen molar-refractivity contribution in [3.8, 4) is 0 Å². The lowest BCUT2D eigenvalue weighted by atomic mass is 9.95. The van der Waals surface area contributed by atoms with Crippen LogP contribution in [0, 0.1) is 10.1 Å². The summed E-state index contributed by atoms with van der Waals surface area (Å²) in [6.07, 6.45) is 5.19. The van der Waals surface area contributed by atoms with Gasteiger partial charge in [-0.25, -0.2) is 14.9 Å². The second-order valence-corrected chi connectivity index (χ2v) is 4.61. The van der Waals surface area contributed by atoms with Gasteiger partial charge in [-0.2, -0.15) is 0 Å². The van der Waals surface area contributed by atoms with E-state index in [1.165, 1.54) is 11.3 Å². The first-order valence-electron chi connectivity index (χ1n) is 5.82. The molecule has 17 heavy (non-hydrogen) atoms. The van der Waals surface area contributed by atoms with Crippen LogP contribution in [0.25, 0.3) is 0 Å². The molecule has 0 heterocycles. The summed E-state index contributed by atoms with van der Waals surface area (Å²) >= 11 is 5.46. The quantitative estimate of drug-likeness (QED) is 0.443. The Kier molecular flexibility index (Phi) is 5.47. The molecule has 1 fully saturated rings. The molecule has 0 bridgehead atoms. The lowest BCUT2D eigenvalue weighted by Crippen LogP contribution is -2.49. The zero-order valence-electron chi connectivity index (χ0n) is 9.97. The molecule has 0 radical (unpaired) electrons. The molecule has 1 saturated carbocycles. The van der Waals surface area contributed by atoms with Crippen LogP contribution < -0.4 is 0 Å². The molecule has 7 heteroatoms. The molecular formula is C10H18ClN3O3. The number of hydrogen-bond donors (Lipinski definition) is 0. The third kappa shape index (κ3) is 3.73. The number of rotatable bonds is 4. The van der Waals surface area contributed by atoms with Crippen molar-refractivity contribution in [2.24, 2.45) is 0 Å². The first-order chi connectivity index (χ1) is 8.07. The number of carbonyl (C=O) groups is 1. The summed E-state index contributed by atoms with van der Waals surface area (Å²) in [4.78, 5) is 24.1. The van der Waals surface area contributed by atoms with E-state index < -0.39 is 11.1 Å². The van der Waals surface area contributed by atoms with E-state index in [4.69, 9.17) is 11.6 Å². The van der Waals surface area contributed by atoms with E-state index in [1.807, 2.05) is 0 Å². The predicted molar refractivity (Wildman–Crippen MR) is 64.5 cm³/mol. The summed E-state index contributed by atoms with van der Waals surface area (Å²) in [6.45, 7) is -0.0650. The molecule has 6 nitrogen and oxygen atoms in total. The Morgan fingerprint density at radius 1 is 1.41 bits per heavy atom. The molecule has 0 unspecified atom stereocenters. The van der Waals surface area contributed by atoms with Crippen LogP contribution in [-0.2, 0) is 0 Å². The maximum atomic E-state index is 11.9. The van der Waals surface area contributed by atoms with E-state index >= 15 is 0 Å². The maximum Gasteiger partial charge on any atom is 0.377 e. The molecule has 0 aromatic carbocycles. The Hall–Kier alpha value is -1.04. The first-order valence-corrected chi connectivity index (χ1v) is 6.36. The van der Waals surface area contributed by atoms with Gasteiger partial charge >= 0.3 is 6.03 Å². The highest BCUT2D eigenvalue weighted by atomic mass is 35.5. The van der Waals surface area contributed by atoms with Gasteiger partial charge in [0.2, 0.25) is 0 Å². The molecule has 98 valence electrons. The van der Waals surface area contributed by atoms with Crippen LogP contribution in [0.3, 0.4) is 0 Å². The lowest BCUT2D eigenvalue weighted by Gasteiger charge is -2.31. The fraction of sp³-hybridized carbons (Fsp3) is 0.900. The van der Waals surface area contributed by atoms with Gasteiger partial charge in [-0.05, 0) is 17.9 Å². The molecule has 0 spiro atoms. The van der Waals surface area contributed by atoms with Crippen molar-refractivity contribution >= 4 is 17.6 Å². The van der Waals surface area contributed by atoms with Crippen LogP contribution in [-0.4, -0.2) is 46.5 Å². The Labute approximate surface area is 106 Å². The summed E-state index contributed by atoms with van der Waals surface area (Å²) < 4.78 is 0. The number of carbonyl (C=O) groups excluding carboxylic acids is 1. The van der Waals surface area contributed by atoms with E-state index in [-0.39, 0.29) is 18.5 Å². The number of hydrogen-bond acceptors (Lipinski definition) is 3. The van der Waals surface area contributed by atoms with E-state index in [0.29, 0.717) is 5.01 Å². The van der Waals surface area contributed by atoms with Crippen molar-refractivity contribution in [2.75, 3.05) is 19.5 Å². The number of nitro groups is 1. The predicted octanol–water partition coefficient (Wildman–Crippen LogP) is 2.10. The van der Waals surface area contributed by atoms with Crippen LogP contribution in [0.4, 0.5) is 4.79 Å². The molecule has 0 aromatic rings. The normalized spacial score (nSPS) is 16.6. The zero-order chi connectivity index (χ0) is 12.8. The molecule has 1 aliphatic rings. The Bertz CT molecular complexity index is 282. The van der Waals surface area contributed by atoms with Crippen LogP contribution >= 0.6 is 11.6 Å². The van der Waals surface area contributed by atoms with Crippen molar-refractivity contribution in [3.05, 3.63) is 10.1 Å². The van der Waals surface area contributed by atoms with Gasteiger partial charge in [-0.3, -0.25) is 0 Å². The van der Waals surface area contributed by atoms with Crippen molar-refractivity contribution in [3.63, 3.8) is 0 Å². The largest absolute Gasteiger partial charge is 0.377 e. The average molecular weight is 264 g/mol. The average Bonchev–Trinajstić information content (AvgIpc) is 2.35. The summed E-state index contributed by atoms with van der Waals surface area (Å²) in [7, 11) is 1.63. The third-order valence-electron chi connectivity index (χ3n) is 3.14. The summed E-state index contributed by atoms with van der Waals surface area (Å²) in [5, 5.41) is 10.6. The number of alkyl halides is 1. The molecular weight excluding hydrogens is 246 g/mol. The van der Waals surface area contributed by atoms with Gasteiger partial charge < -0.3 is 4.90 Å². The van der Waals surface area contributed by atoms with Crippen LogP contribution in [0.1, 0.15) is 32.1 Å². The number of halogens is 1. The van der Waals surface area contributed by atoms with Gasteiger partial charge in [0.1, 0.15) is 6.54 Å². The number of amides is 2. The van der Waals surface area contributed by atoms with Crippen molar-refractivity contribution in [1.29, 1.82) is 0 Å². The highest BCUT2D eigenvalue weighted by Crippen LogP contribution is 2.22. The molecule has 0 N–H and O–H groups in total. The minimum absolute atomic E-state index is 0.0607. The van der Waals surface area contributed by atoms with Gasteiger partial charge in [0.15, 0.2) is 5.03 Å². The highest BCUT2D eigenvalue weighted by Gasteiger charge is 2.31. The Morgan fingerprint density at radius 3 is 2.47 bits per heavy atom. The Morgan fingerprint density at radius 2 is 2.00 bits per heavy atom. The SMILES string of the molecule is CN(C(=O)N(CCCl)[N+](=O)[O-])C1CCCCC1. The Balaban J connectivity index is 2.61. The van der Waals surface area contributed by atoms with E-state index in [1.54, 1.807) is 7.05 Å². The van der Waals surface area contributed by atoms with E-state index in [9.17, 15) is 14.9 Å². The lowest BCUT2D eigenvalue weighted by molar-refractivity contribution is -0.632. The van der Waals surface area contributed by atoms with Gasteiger partial charge in [0.05, 0.1) is 0 Å². The summed E-state index contributed by atoms with van der Waals surface area (Å²) in [5.41, 5.74) is 0. The van der Waals surface area contributed by atoms with Crippen LogP contribution in [0.2, 0.25) is 0 Å². The zero-order valence-corrected chi connectivity index (χ0v) is 10.7. The van der Waals surface area contributed by atoms with Crippen molar-refractivity contribution in [2.45, 2.75) is 38.1 Å². The third-order valence-corrected chi connectivity index (χ3v) is 3.31. The molecule has 0 atom stereocenters. The molecule has 1 rings (SSSR count). The minimum Gasteiger partial charge on any atom is -0.320 e. The highest BCUT2D eigenvalue weighted by molar-refractivity contribution is 6.18. The second kappa shape index (κ2) is 6.64. The molecule has 0 saturated heterocycles. The number of urea groups is 1. The van der Waals surface area contributed by atoms with Gasteiger partial charge in [0, 0.05) is 19.0 Å². The first kappa shape index (κ1) is 14.0. The van der Waals surface area contributed by atoms with E-state index in [2.05, 4.69) is 0 Å². The van der Waals surface area contributed by atoms with Crippen molar-refractivity contribution < 1.29 is 9.83 Å². The standard InChI is InChI=1S/C10H18ClN3O3/c1-12(9-5-3-2-4-6-9)10(15)13(8-7-11)14(16)17/h9H,2-8H2,1H3. The van der Waals surface area contributed by atoms with Gasteiger partial charge in [-0.1, -0.05) is 19.3 Å². The topological polar surface area (TPSA) is 66.7 Å². The van der Waals surface area contributed by atoms with Crippen LogP contribution in [0.5, 0.6) is 0 Å². The van der Waals surface area contributed by atoms with Crippen molar-refractivity contribution in [1.82, 2.24) is 9.91 Å². The molecule has 2 amide bonds. The summed E-state index contributed by atoms with van der Waals surface area (Å²) in [6, 6.07) is -0.448. The van der Waals surface area contributed by atoms with Crippen LogP contribution in [0.15, 0.2) is 0 Å². The fourth-order valence-electron chi connectivity index (χ4n) is 2.13. The summed E-state index contributed by atoms with van der Waals surface area (Å²) in [5.74, 6) is 0.0607. The maximum absolute atomic E-state index is 11.9. The fourth-order valence-corrected chi connectivity index (χ4v) is 2.29. The number of hydrazine groups is 1. The van der Waals surface area contributed by atoms with Gasteiger partial charge in [-0.15, -0.1) is 11.6 Å².